The quantitative estimate of drug-likeness (QED) is 0.403. The number of hydrogen-bond donors (Lipinski definition) is 1. The predicted octanol–water partition coefficient (Wildman–Crippen LogP) is 5.07. The summed E-state index contributed by atoms with van der Waals surface area (Å²) in [7, 11) is 1.60. The molecule has 7 heteroatoms. The SMILES string of the molecule is COc1ccc(CC2SC(=C(C#N)C(=O)Nc3ccccc3)N(c3ccccc3C)C2=O)cc1. The van der Waals surface area contributed by atoms with E-state index in [1.54, 1.807) is 31.4 Å². The molecule has 1 N–H and O–H groups in total. The molecular weight excluding hydrogens is 446 g/mol. The van der Waals surface area contributed by atoms with E-state index in [0.717, 1.165) is 16.9 Å². The maximum Gasteiger partial charge on any atom is 0.269 e. The Morgan fingerprint density at radius 2 is 1.74 bits per heavy atom. The second-order valence-corrected chi connectivity index (χ2v) is 8.92. The minimum absolute atomic E-state index is 0.0947. The molecule has 6 nitrogen and oxygen atoms in total. The van der Waals surface area contributed by atoms with Crippen molar-refractivity contribution in [3.63, 3.8) is 0 Å². The number of ether oxygens (including phenoxy) is 1. The van der Waals surface area contributed by atoms with Gasteiger partial charge in [-0.3, -0.25) is 14.5 Å². The molecule has 170 valence electrons. The van der Waals surface area contributed by atoms with Crippen LogP contribution in [0, 0.1) is 18.3 Å². The molecule has 0 saturated carbocycles. The standard InChI is InChI=1S/C27H23N3O3S/c1-18-8-6-7-11-23(18)30-26(32)24(16-19-12-14-21(33-2)15-13-19)34-27(30)22(17-28)25(31)29-20-9-4-3-5-10-20/h3-15,24H,16H2,1-2H3,(H,29,31). The second-order valence-electron chi connectivity index (χ2n) is 7.73. The third-order valence-electron chi connectivity index (χ3n) is 5.47. The third-order valence-corrected chi connectivity index (χ3v) is 6.74. The lowest BCUT2D eigenvalue weighted by atomic mass is 10.1. The molecule has 0 aliphatic carbocycles. The Kier molecular flexibility index (Phi) is 7.00. The fraction of sp³-hybridized carbons (Fsp3) is 0.148. The first-order chi connectivity index (χ1) is 16.5. The van der Waals surface area contributed by atoms with Crippen LogP contribution in [0.4, 0.5) is 11.4 Å². The topological polar surface area (TPSA) is 82.4 Å². The smallest absolute Gasteiger partial charge is 0.269 e. The van der Waals surface area contributed by atoms with Crippen molar-refractivity contribution in [2.75, 3.05) is 17.3 Å². The number of para-hydroxylation sites is 2. The number of benzene rings is 3. The number of aryl methyl sites for hydroxylation is 1. The summed E-state index contributed by atoms with van der Waals surface area (Å²) in [6.07, 6.45) is 0.457. The lowest BCUT2D eigenvalue weighted by Gasteiger charge is -2.20. The molecule has 1 fully saturated rings. The number of amides is 2. The van der Waals surface area contributed by atoms with Crippen molar-refractivity contribution in [3.8, 4) is 11.8 Å². The van der Waals surface area contributed by atoms with E-state index in [4.69, 9.17) is 4.74 Å². The molecule has 4 rings (SSSR count). The van der Waals surface area contributed by atoms with Crippen molar-refractivity contribution in [1.82, 2.24) is 0 Å². The highest BCUT2D eigenvalue weighted by atomic mass is 32.2. The molecule has 1 saturated heterocycles. The summed E-state index contributed by atoms with van der Waals surface area (Å²) in [6, 6.07) is 26.0. The van der Waals surface area contributed by atoms with Gasteiger partial charge in [-0.1, -0.05) is 60.3 Å². The molecule has 1 aliphatic heterocycles. The number of carbonyl (C=O) groups excluding carboxylic acids is 2. The summed E-state index contributed by atoms with van der Waals surface area (Å²) in [6.45, 7) is 1.90. The van der Waals surface area contributed by atoms with Crippen LogP contribution in [0.25, 0.3) is 0 Å². The van der Waals surface area contributed by atoms with Gasteiger partial charge in [0.15, 0.2) is 0 Å². The number of nitriles is 1. The molecule has 0 radical (unpaired) electrons. The zero-order chi connectivity index (χ0) is 24.1. The van der Waals surface area contributed by atoms with Crippen LogP contribution in [0.3, 0.4) is 0 Å². The Bertz CT molecular complexity index is 1280. The molecule has 0 aromatic heterocycles. The maximum absolute atomic E-state index is 13.6. The van der Waals surface area contributed by atoms with Crippen LogP contribution in [0.2, 0.25) is 0 Å². The largest absolute Gasteiger partial charge is 0.497 e. The number of carbonyl (C=O) groups is 2. The number of rotatable bonds is 6. The Balaban J connectivity index is 1.72. The Morgan fingerprint density at radius 1 is 1.06 bits per heavy atom. The van der Waals surface area contributed by atoms with Gasteiger partial charge in [-0.25, -0.2) is 0 Å². The first-order valence-electron chi connectivity index (χ1n) is 10.7. The molecule has 3 aromatic rings. The zero-order valence-electron chi connectivity index (χ0n) is 18.8. The van der Waals surface area contributed by atoms with Gasteiger partial charge in [0.25, 0.3) is 5.91 Å². The number of nitrogens with zero attached hydrogens (tertiary/aromatic N) is 2. The minimum atomic E-state index is -0.548. The summed E-state index contributed by atoms with van der Waals surface area (Å²) in [5.41, 5.74) is 2.98. The molecule has 34 heavy (non-hydrogen) atoms. The van der Waals surface area contributed by atoms with Gasteiger partial charge in [-0.2, -0.15) is 5.26 Å². The molecule has 0 spiro atoms. The Labute approximate surface area is 202 Å². The van der Waals surface area contributed by atoms with Crippen LogP contribution in [-0.2, 0) is 16.0 Å². The Morgan fingerprint density at radius 3 is 2.38 bits per heavy atom. The number of thioether (sulfide) groups is 1. The van der Waals surface area contributed by atoms with Gasteiger partial charge in [0.05, 0.1) is 18.0 Å². The van der Waals surface area contributed by atoms with E-state index in [1.165, 1.54) is 16.7 Å². The van der Waals surface area contributed by atoms with E-state index in [2.05, 4.69) is 5.32 Å². The van der Waals surface area contributed by atoms with E-state index >= 15 is 0 Å². The zero-order valence-corrected chi connectivity index (χ0v) is 19.6. The van der Waals surface area contributed by atoms with Gasteiger partial charge in [0, 0.05) is 5.69 Å². The molecule has 0 bridgehead atoms. The van der Waals surface area contributed by atoms with Crippen molar-refractivity contribution < 1.29 is 14.3 Å². The van der Waals surface area contributed by atoms with Crippen molar-refractivity contribution in [1.29, 1.82) is 5.26 Å². The lowest BCUT2D eigenvalue weighted by Crippen LogP contribution is -2.31. The first kappa shape index (κ1) is 23.1. The molecule has 2 amide bonds. The summed E-state index contributed by atoms with van der Waals surface area (Å²) in [5.74, 6) is 0.0266. The molecule has 3 aromatic carbocycles. The van der Waals surface area contributed by atoms with Gasteiger partial charge in [0.2, 0.25) is 5.91 Å². The van der Waals surface area contributed by atoms with Gasteiger partial charge in [-0.15, -0.1) is 0 Å². The number of anilines is 2. The molecule has 1 unspecified atom stereocenters. The number of hydrogen-bond acceptors (Lipinski definition) is 5. The predicted molar refractivity (Wildman–Crippen MR) is 134 cm³/mol. The van der Waals surface area contributed by atoms with E-state index in [0.29, 0.717) is 22.8 Å². The maximum atomic E-state index is 13.6. The van der Waals surface area contributed by atoms with E-state index in [1.807, 2.05) is 67.6 Å². The van der Waals surface area contributed by atoms with Crippen molar-refractivity contribution in [3.05, 3.63) is 101 Å². The fourth-order valence-corrected chi connectivity index (χ4v) is 5.01. The van der Waals surface area contributed by atoms with Gasteiger partial charge >= 0.3 is 0 Å². The third kappa shape index (κ3) is 4.82. The summed E-state index contributed by atoms with van der Waals surface area (Å²) >= 11 is 1.25. The van der Waals surface area contributed by atoms with Crippen molar-refractivity contribution in [2.45, 2.75) is 18.6 Å². The van der Waals surface area contributed by atoms with E-state index in [-0.39, 0.29) is 11.5 Å². The molecule has 1 aliphatic rings. The van der Waals surface area contributed by atoms with Crippen LogP contribution >= 0.6 is 11.8 Å². The molecule has 1 heterocycles. The van der Waals surface area contributed by atoms with Crippen LogP contribution in [0.1, 0.15) is 11.1 Å². The number of nitrogens with one attached hydrogen (secondary N) is 1. The lowest BCUT2D eigenvalue weighted by molar-refractivity contribution is -0.117. The first-order valence-corrected chi connectivity index (χ1v) is 11.6. The van der Waals surface area contributed by atoms with E-state index in [9.17, 15) is 14.9 Å². The highest BCUT2D eigenvalue weighted by Gasteiger charge is 2.41. The fourth-order valence-electron chi connectivity index (χ4n) is 3.71. The average Bonchev–Trinajstić information content (AvgIpc) is 3.16. The van der Waals surface area contributed by atoms with Crippen molar-refractivity contribution in [2.24, 2.45) is 0 Å². The highest BCUT2D eigenvalue weighted by molar-refractivity contribution is 8.05. The van der Waals surface area contributed by atoms with Crippen LogP contribution in [-0.4, -0.2) is 24.2 Å². The summed E-state index contributed by atoms with van der Waals surface area (Å²) in [5, 5.41) is 12.6. The van der Waals surface area contributed by atoms with Gasteiger partial charge in [-0.05, 0) is 54.8 Å². The normalized spacial score (nSPS) is 16.7. The van der Waals surface area contributed by atoms with Crippen LogP contribution < -0.4 is 15.0 Å². The van der Waals surface area contributed by atoms with Crippen LogP contribution in [0.5, 0.6) is 5.75 Å². The average molecular weight is 470 g/mol. The summed E-state index contributed by atoms with van der Waals surface area (Å²) in [4.78, 5) is 28.2. The van der Waals surface area contributed by atoms with E-state index < -0.39 is 11.2 Å². The number of methoxy groups -OCH3 is 1. The molecule has 1 atom stereocenters. The monoisotopic (exact) mass is 469 g/mol. The second kappa shape index (κ2) is 10.3. The van der Waals surface area contributed by atoms with Gasteiger partial charge < -0.3 is 10.1 Å². The van der Waals surface area contributed by atoms with Gasteiger partial charge in [0.1, 0.15) is 22.4 Å². The Hall–Kier alpha value is -4.02. The highest BCUT2D eigenvalue weighted by Crippen LogP contribution is 2.43. The van der Waals surface area contributed by atoms with Crippen molar-refractivity contribution >= 4 is 35.0 Å². The molecular formula is C27H23N3O3S. The summed E-state index contributed by atoms with van der Waals surface area (Å²) < 4.78 is 5.22. The van der Waals surface area contributed by atoms with Crippen LogP contribution in [0.15, 0.2) is 89.5 Å². The minimum Gasteiger partial charge on any atom is -0.497 e.